The van der Waals surface area contributed by atoms with E-state index in [0.29, 0.717) is 34.5 Å². The molecule has 5 aromatic carbocycles. The summed E-state index contributed by atoms with van der Waals surface area (Å²) in [6.45, 7) is 5.12. The van der Waals surface area contributed by atoms with Crippen molar-refractivity contribution < 1.29 is 19.5 Å². The van der Waals surface area contributed by atoms with E-state index in [1.165, 1.54) is 0 Å². The van der Waals surface area contributed by atoms with E-state index in [1.807, 2.05) is 117 Å². The van der Waals surface area contributed by atoms with E-state index in [9.17, 15) is 19.5 Å². The number of carbonyl (C=O) groups is 3. The molecule has 16 nitrogen and oxygen atoms in total. The quantitative estimate of drug-likeness (QED) is 0.0312. The van der Waals surface area contributed by atoms with Crippen LogP contribution >= 0.6 is 0 Å². The average Bonchev–Trinajstić information content (AvgIpc) is 3.32. The molecule has 1 fully saturated rings. The molecule has 6 rings (SSSR count). The van der Waals surface area contributed by atoms with E-state index >= 15 is 0 Å². The van der Waals surface area contributed by atoms with Crippen LogP contribution < -0.4 is 33.6 Å². The highest BCUT2D eigenvalue weighted by atomic mass is 16.3. The van der Waals surface area contributed by atoms with Crippen LogP contribution in [0.2, 0.25) is 0 Å². The van der Waals surface area contributed by atoms with Gasteiger partial charge in [-0.3, -0.25) is 19.7 Å². The molecule has 1 heterocycles. The van der Waals surface area contributed by atoms with E-state index < -0.39 is 24.2 Å². The number of hydrogen-bond donors (Lipinski definition) is 7. The summed E-state index contributed by atoms with van der Waals surface area (Å²) >= 11 is 0. The minimum absolute atomic E-state index is 0.136. The van der Waals surface area contributed by atoms with Crippen LogP contribution in [-0.4, -0.2) is 94.2 Å². The second-order valence-electron chi connectivity index (χ2n) is 16.0. The van der Waals surface area contributed by atoms with Gasteiger partial charge in [0.2, 0.25) is 23.7 Å². The summed E-state index contributed by atoms with van der Waals surface area (Å²) in [5, 5.41) is 33.7. The largest absolute Gasteiger partial charge is 0.374 e. The van der Waals surface area contributed by atoms with Crippen molar-refractivity contribution in [1.82, 2.24) is 20.4 Å². The number of rotatable bonds is 17. The third-order valence-corrected chi connectivity index (χ3v) is 10.7. The topological polar surface area (TPSA) is 256 Å². The van der Waals surface area contributed by atoms with Gasteiger partial charge in [-0.05, 0) is 35.6 Å². The summed E-state index contributed by atoms with van der Waals surface area (Å²) in [5.41, 5.74) is 28.0. The first kappa shape index (κ1) is 46.8. The molecule has 3 atom stereocenters. The number of aliphatic hydroxyl groups is 1. The van der Waals surface area contributed by atoms with Crippen LogP contribution in [0, 0.1) is 5.92 Å². The number of aliphatic hydroxyl groups excluding tert-OH is 1. The highest BCUT2D eigenvalue weighted by Crippen LogP contribution is 2.20. The molecule has 0 bridgehead atoms. The van der Waals surface area contributed by atoms with Crippen molar-refractivity contribution >= 4 is 41.1 Å². The van der Waals surface area contributed by atoms with Crippen LogP contribution in [0.5, 0.6) is 0 Å². The molecule has 16 heteroatoms. The van der Waals surface area contributed by atoms with Gasteiger partial charge in [0.1, 0.15) is 23.7 Å². The first-order chi connectivity index (χ1) is 31.4. The molecule has 3 amide bonds. The van der Waals surface area contributed by atoms with E-state index in [2.05, 4.69) is 31.0 Å². The summed E-state index contributed by atoms with van der Waals surface area (Å²) in [4.78, 5) is 45.6. The Morgan fingerprint density at radius 1 is 0.554 bits per heavy atom. The first-order valence-corrected chi connectivity index (χ1v) is 21.4. The smallest absolute Gasteiger partial charge is 0.251 e. The summed E-state index contributed by atoms with van der Waals surface area (Å²) in [5.74, 6) is -1.08. The minimum Gasteiger partial charge on any atom is -0.374 e. The molecular formula is C49H56N12O4. The Kier molecular flexibility index (Phi) is 16.3. The van der Waals surface area contributed by atoms with Crippen molar-refractivity contribution in [3.63, 3.8) is 0 Å². The summed E-state index contributed by atoms with van der Waals surface area (Å²) in [6, 6.07) is 40.7. The molecule has 1 aliphatic heterocycles. The lowest BCUT2D eigenvalue weighted by atomic mass is 9.99. The van der Waals surface area contributed by atoms with E-state index in [0.717, 1.165) is 22.3 Å². The van der Waals surface area contributed by atoms with Crippen LogP contribution in [0.1, 0.15) is 70.2 Å². The lowest BCUT2D eigenvalue weighted by Gasteiger charge is -2.38. The maximum absolute atomic E-state index is 14.3. The van der Waals surface area contributed by atoms with Crippen molar-refractivity contribution in [2.24, 2.45) is 49.3 Å². The van der Waals surface area contributed by atoms with Crippen molar-refractivity contribution in [1.29, 1.82) is 0 Å². The third kappa shape index (κ3) is 13.2. The zero-order valence-electron chi connectivity index (χ0n) is 36.5. The summed E-state index contributed by atoms with van der Waals surface area (Å²) in [7, 11) is 0. The molecule has 0 aromatic heterocycles. The number of nitrogens with two attached hydrogens (primary N) is 4. The number of amides is 3. The molecule has 336 valence electrons. The molecule has 0 spiro atoms. The predicted octanol–water partition coefficient (Wildman–Crippen LogP) is 3.45. The standard InChI is InChI=1S/C49H56N12O4/c1-32(2)30-40(54-44(62)38-22-18-36(19-23-38)42(56-58-48(50)51)34-14-8-4-9-15-34)46(64)60-26-28-61(29-27-60)47(65)41(31-33-12-6-3-7-13-33)55-45(63)39-24-20-37(21-25-39)43(57-59-49(52)53)35-16-10-5-11-17-35/h3-25,32,40-41,44,54,62H,26-31H2,1-2H3,(H,55,63)(H4,50,51,58)(H4,52,53,59)/b56-42?,57-43+/t40?,41-,44?/m0/s1. The van der Waals surface area contributed by atoms with Crippen LogP contribution in [0.15, 0.2) is 160 Å². The van der Waals surface area contributed by atoms with Crippen LogP contribution in [0.3, 0.4) is 0 Å². The Morgan fingerprint density at radius 2 is 0.954 bits per heavy atom. The predicted molar refractivity (Wildman–Crippen MR) is 255 cm³/mol. The Bertz CT molecular complexity index is 2480. The molecule has 0 saturated carbocycles. The van der Waals surface area contributed by atoms with Gasteiger partial charge in [0.25, 0.3) is 5.91 Å². The fourth-order valence-corrected chi connectivity index (χ4v) is 7.45. The van der Waals surface area contributed by atoms with Gasteiger partial charge in [0, 0.05) is 60.4 Å². The Labute approximate surface area is 378 Å². The van der Waals surface area contributed by atoms with E-state index in [-0.39, 0.29) is 62.3 Å². The Hall–Kier alpha value is -7.69. The highest BCUT2D eigenvalue weighted by Gasteiger charge is 2.33. The summed E-state index contributed by atoms with van der Waals surface area (Å²) in [6.07, 6.45) is -0.419. The van der Waals surface area contributed by atoms with E-state index in [4.69, 9.17) is 22.9 Å². The summed E-state index contributed by atoms with van der Waals surface area (Å²) < 4.78 is 0. The molecular weight excluding hydrogens is 821 g/mol. The molecule has 1 aliphatic rings. The molecule has 65 heavy (non-hydrogen) atoms. The third-order valence-electron chi connectivity index (χ3n) is 10.7. The van der Waals surface area contributed by atoms with Gasteiger partial charge in [0.05, 0.1) is 6.04 Å². The second kappa shape index (κ2) is 22.6. The Balaban J connectivity index is 1.11. The number of benzene rings is 5. The monoisotopic (exact) mass is 876 g/mol. The number of hydrogen-bond acceptors (Lipinski definition) is 9. The molecule has 0 radical (unpaired) electrons. The maximum atomic E-state index is 14.3. The number of piperazine rings is 1. The Morgan fingerprint density at radius 3 is 1.40 bits per heavy atom. The second-order valence-corrected chi connectivity index (χ2v) is 16.0. The van der Waals surface area contributed by atoms with Gasteiger partial charge < -0.3 is 43.2 Å². The number of guanidine groups is 2. The lowest BCUT2D eigenvalue weighted by molar-refractivity contribution is -0.142. The molecule has 0 aliphatic carbocycles. The number of nitrogens with one attached hydrogen (secondary N) is 2. The lowest BCUT2D eigenvalue weighted by Crippen LogP contribution is -2.58. The van der Waals surface area contributed by atoms with Crippen molar-refractivity contribution in [2.75, 3.05) is 26.2 Å². The van der Waals surface area contributed by atoms with Gasteiger partial charge in [0.15, 0.2) is 0 Å². The minimum atomic E-state index is -1.16. The zero-order valence-corrected chi connectivity index (χ0v) is 36.5. The van der Waals surface area contributed by atoms with Crippen molar-refractivity contribution in [3.05, 3.63) is 178 Å². The fourth-order valence-electron chi connectivity index (χ4n) is 7.45. The molecule has 1 saturated heterocycles. The van der Waals surface area contributed by atoms with Gasteiger partial charge in [-0.15, -0.1) is 20.4 Å². The zero-order chi connectivity index (χ0) is 46.3. The molecule has 5 aromatic rings. The SMILES string of the molecule is CC(C)CC(NC(O)c1ccc(C(=NN=C(N)N)c2ccccc2)cc1)C(=O)N1CCN(C(=O)[C@H](Cc2ccccc2)NC(=O)c2ccc(/C(=N/N=C(N)N)c3ccccc3)cc2)CC1. The van der Waals surface area contributed by atoms with Crippen molar-refractivity contribution in [3.8, 4) is 0 Å². The van der Waals surface area contributed by atoms with Crippen LogP contribution in [0.4, 0.5) is 0 Å². The fraction of sp³-hybridized carbons (Fsp3) is 0.245. The van der Waals surface area contributed by atoms with Crippen LogP contribution in [0.25, 0.3) is 0 Å². The molecule has 11 N–H and O–H groups in total. The normalized spacial score (nSPS) is 14.5. The molecule has 2 unspecified atom stereocenters. The van der Waals surface area contributed by atoms with Crippen LogP contribution in [-0.2, 0) is 16.0 Å². The number of carbonyl (C=O) groups excluding carboxylic acids is 3. The van der Waals surface area contributed by atoms with Gasteiger partial charge in [-0.25, -0.2) is 0 Å². The number of nitrogens with zero attached hydrogens (tertiary/aromatic N) is 6. The van der Waals surface area contributed by atoms with Gasteiger partial charge in [-0.2, -0.15) is 0 Å². The first-order valence-electron chi connectivity index (χ1n) is 21.4. The van der Waals surface area contributed by atoms with E-state index in [1.54, 1.807) is 46.2 Å². The highest BCUT2D eigenvalue weighted by molar-refractivity contribution is 6.14. The average molecular weight is 877 g/mol. The van der Waals surface area contributed by atoms with Gasteiger partial charge >= 0.3 is 0 Å². The van der Waals surface area contributed by atoms with Crippen molar-refractivity contribution in [2.45, 2.75) is 45.0 Å². The van der Waals surface area contributed by atoms with Gasteiger partial charge in [-0.1, -0.05) is 141 Å². The maximum Gasteiger partial charge on any atom is 0.251 e.